The van der Waals surface area contributed by atoms with Gasteiger partial charge in [-0.3, -0.25) is 9.59 Å². The Morgan fingerprint density at radius 3 is 2.28 bits per heavy atom. The average Bonchev–Trinajstić information content (AvgIpc) is 2.72. The van der Waals surface area contributed by atoms with Crippen molar-refractivity contribution in [3.05, 3.63) is 101 Å². The Kier molecular flexibility index (Phi) is 6.45. The highest BCUT2D eigenvalue weighted by Crippen LogP contribution is 2.27. The molecule has 0 aromatic heterocycles. The summed E-state index contributed by atoms with van der Waals surface area (Å²) >= 11 is 0. The van der Waals surface area contributed by atoms with Gasteiger partial charge in [-0.05, 0) is 49.2 Å². The smallest absolute Gasteiger partial charge is 0.254 e. The molecule has 1 atom stereocenters. The number of nitrogens with one attached hydrogen (secondary N) is 1. The first-order valence-corrected chi connectivity index (χ1v) is 9.73. The lowest BCUT2D eigenvalue weighted by atomic mass is 10.0. The Balaban J connectivity index is 1.94. The normalized spacial score (nSPS) is 11.6. The lowest BCUT2D eigenvalue weighted by Gasteiger charge is -2.30. The number of hydrogen-bond acceptors (Lipinski definition) is 2. The van der Waals surface area contributed by atoms with Gasteiger partial charge in [-0.2, -0.15) is 0 Å². The monoisotopic (exact) mass is 386 g/mol. The quantitative estimate of drug-likeness (QED) is 0.620. The molecular formula is C25H26N2O2. The van der Waals surface area contributed by atoms with Gasteiger partial charge in [-0.1, -0.05) is 60.2 Å². The van der Waals surface area contributed by atoms with Gasteiger partial charge in [0.2, 0.25) is 5.91 Å². The van der Waals surface area contributed by atoms with Crippen molar-refractivity contribution in [2.24, 2.45) is 0 Å². The van der Waals surface area contributed by atoms with Crippen molar-refractivity contribution in [2.45, 2.75) is 33.4 Å². The predicted molar refractivity (Wildman–Crippen MR) is 117 cm³/mol. The molecule has 4 heteroatoms. The van der Waals surface area contributed by atoms with Gasteiger partial charge in [-0.15, -0.1) is 0 Å². The Labute approximate surface area is 172 Å². The zero-order valence-electron chi connectivity index (χ0n) is 17.1. The van der Waals surface area contributed by atoms with Crippen LogP contribution in [0.1, 0.15) is 46.9 Å². The summed E-state index contributed by atoms with van der Waals surface area (Å²) < 4.78 is 0. The Morgan fingerprint density at radius 1 is 0.931 bits per heavy atom. The van der Waals surface area contributed by atoms with Crippen molar-refractivity contribution < 1.29 is 9.59 Å². The van der Waals surface area contributed by atoms with Crippen LogP contribution in [0.25, 0.3) is 0 Å². The zero-order chi connectivity index (χ0) is 20.8. The van der Waals surface area contributed by atoms with Gasteiger partial charge in [0.1, 0.15) is 0 Å². The van der Waals surface area contributed by atoms with Crippen LogP contribution in [0.5, 0.6) is 0 Å². The lowest BCUT2D eigenvalue weighted by Crippen LogP contribution is -2.33. The standard InChI is InChI=1S/C25H26N2O2/c1-18-12-14-22(15-13-18)25(29)27(17-21-8-5-4-6-9-21)19(2)23-10-7-11-24(16-23)26-20(3)28/h4-16,19H,17H2,1-3H3,(H,26,28). The molecule has 0 radical (unpaired) electrons. The molecule has 0 aliphatic heterocycles. The van der Waals surface area contributed by atoms with E-state index in [1.54, 1.807) is 0 Å². The molecule has 0 fully saturated rings. The second kappa shape index (κ2) is 9.20. The summed E-state index contributed by atoms with van der Waals surface area (Å²) in [6, 6.07) is 25.1. The maximum atomic E-state index is 13.4. The van der Waals surface area contributed by atoms with Gasteiger partial charge in [0.25, 0.3) is 5.91 Å². The van der Waals surface area contributed by atoms with Gasteiger partial charge in [-0.25, -0.2) is 0 Å². The van der Waals surface area contributed by atoms with E-state index in [1.807, 2.05) is 97.6 Å². The van der Waals surface area contributed by atoms with E-state index in [2.05, 4.69) is 5.32 Å². The molecule has 0 bridgehead atoms. The minimum Gasteiger partial charge on any atom is -0.328 e. The van der Waals surface area contributed by atoms with Gasteiger partial charge < -0.3 is 10.2 Å². The largest absolute Gasteiger partial charge is 0.328 e. The van der Waals surface area contributed by atoms with Gasteiger partial charge in [0, 0.05) is 24.7 Å². The van der Waals surface area contributed by atoms with Crippen LogP contribution < -0.4 is 5.32 Å². The fourth-order valence-electron chi connectivity index (χ4n) is 3.29. The Hall–Kier alpha value is -3.40. The van der Waals surface area contributed by atoms with Crippen molar-refractivity contribution >= 4 is 17.5 Å². The van der Waals surface area contributed by atoms with Gasteiger partial charge in [0.15, 0.2) is 0 Å². The maximum absolute atomic E-state index is 13.4. The van der Waals surface area contributed by atoms with Crippen LogP contribution in [0.15, 0.2) is 78.9 Å². The minimum absolute atomic E-state index is 0.0220. The second-order valence-electron chi connectivity index (χ2n) is 7.27. The molecule has 0 heterocycles. The van der Waals surface area contributed by atoms with Gasteiger partial charge >= 0.3 is 0 Å². The molecular weight excluding hydrogens is 360 g/mol. The fourth-order valence-corrected chi connectivity index (χ4v) is 3.29. The number of anilines is 1. The van der Waals surface area contributed by atoms with Crippen LogP contribution in [0, 0.1) is 6.92 Å². The molecule has 0 saturated heterocycles. The lowest BCUT2D eigenvalue weighted by molar-refractivity contribution is -0.114. The molecule has 0 aliphatic rings. The SMILES string of the molecule is CC(=O)Nc1cccc(C(C)N(Cc2ccccc2)C(=O)c2ccc(C)cc2)c1. The van der Waals surface area contributed by atoms with Crippen LogP contribution in [0.2, 0.25) is 0 Å². The van der Waals surface area contributed by atoms with E-state index in [9.17, 15) is 9.59 Å². The predicted octanol–water partition coefficient (Wildman–Crippen LogP) is 5.36. The molecule has 3 aromatic rings. The number of amides is 2. The van der Waals surface area contributed by atoms with Crippen molar-refractivity contribution in [3.63, 3.8) is 0 Å². The van der Waals surface area contributed by atoms with E-state index in [0.29, 0.717) is 12.1 Å². The number of aryl methyl sites for hydroxylation is 1. The molecule has 1 N–H and O–H groups in total. The van der Waals surface area contributed by atoms with E-state index in [1.165, 1.54) is 6.92 Å². The first-order chi connectivity index (χ1) is 13.9. The fraction of sp³-hybridized carbons (Fsp3) is 0.200. The topological polar surface area (TPSA) is 49.4 Å². The van der Waals surface area contributed by atoms with Crippen LogP contribution >= 0.6 is 0 Å². The van der Waals surface area contributed by atoms with Crippen molar-refractivity contribution in [1.82, 2.24) is 4.90 Å². The van der Waals surface area contributed by atoms with Crippen molar-refractivity contribution in [3.8, 4) is 0 Å². The summed E-state index contributed by atoms with van der Waals surface area (Å²) in [5.41, 5.74) is 4.54. The van der Waals surface area contributed by atoms with Crippen LogP contribution in [0.4, 0.5) is 5.69 Å². The summed E-state index contributed by atoms with van der Waals surface area (Å²) in [7, 11) is 0. The van der Waals surface area contributed by atoms with E-state index < -0.39 is 0 Å². The van der Waals surface area contributed by atoms with Crippen LogP contribution in [-0.2, 0) is 11.3 Å². The molecule has 4 nitrogen and oxygen atoms in total. The summed E-state index contributed by atoms with van der Waals surface area (Å²) in [5.74, 6) is -0.141. The highest BCUT2D eigenvalue weighted by atomic mass is 16.2. The number of nitrogens with zero attached hydrogens (tertiary/aromatic N) is 1. The molecule has 3 rings (SSSR count). The number of carbonyl (C=O) groups excluding carboxylic acids is 2. The number of hydrogen-bond donors (Lipinski definition) is 1. The highest BCUT2D eigenvalue weighted by molar-refractivity contribution is 5.94. The summed E-state index contributed by atoms with van der Waals surface area (Å²) in [6.45, 7) is 6.01. The van der Waals surface area contributed by atoms with E-state index >= 15 is 0 Å². The van der Waals surface area contributed by atoms with Crippen molar-refractivity contribution in [2.75, 3.05) is 5.32 Å². The molecule has 1 unspecified atom stereocenters. The first kappa shape index (κ1) is 20.3. The van der Waals surface area contributed by atoms with E-state index in [0.717, 1.165) is 22.4 Å². The van der Waals surface area contributed by atoms with Crippen LogP contribution in [0.3, 0.4) is 0 Å². The van der Waals surface area contributed by atoms with Crippen molar-refractivity contribution in [1.29, 1.82) is 0 Å². The third kappa shape index (κ3) is 5.32. The van der Waals surface area contributed by atoms with Crippen LogP contribution in [-0.4, -0.2) is 16.7 Å². The first-order valence-electron chi connectivity index (χ1n) is 9.73. The Morgan fingerprint density at radius 2 is 1.62 bits per heavy atom. The molecule has 148 valence electrons. The van der Waals surface area contributed by atoms with E-state index in [-0.39, 0.29) is 17.9 Å². The molecule has 0 aliphatic carbocycles. The number of rotatable bonds is 6. The summed E-state index contributed by atoms with van der Waals surface area (Å²) in [4.78, 5) is 26.7. The molecule has 0 saturated carbocycles. The van der Waals surface area contributed by atoms with Gasteiger partial charge in [0.05, 0.1) is 6.04 Å². The number of benzene rings is 3. The molecule has 3 aromatic carbocycles. The third-order valence-electron chi connectivity index (χ3n) is 4.91. The molecule has 0 spiro atoms. The summed E-state index contributed by atoms with van der Waals surface area (Å²) in [6.07, 6.45) is 0. The highest BCUT2D eigenvalue weighted by Gasteiger charge is 2.23. The minimum atomic E-state index is -0.169. The Bertz CT molecular complexity index is 981. The van der Waals surface area contributed by atoms with E-state index in [4.69, 9.17) is 0 Å². The third-order valence-corrected chi connectivity index (χ3v) is 4.91. The summed E-state index contributed by atoms with van der Waals surface area (Å²) in [5, 5.41) is 2.81. The molecule has 2 amide bonds. The zero-order valence-corrected chi connectivity index (χ0v) is 17.1. The second-order valence-corrected chi connectivity index (χ2v) is 7.27. The average molecular weight is 386 g/mol. The molecule has 29 heavy (non-hydrogen) atoms. The number of carbonyl (C=O) groups is 2. The maximum Gasteiger partial charge on any atom is 0.254 e.